The van der Waals surface area contributed by atoms with Crippen molar-refractivity contribution in [3.8, 4) is 12.1 Å². The Hall–Kier alpha value is -2.53. The highest BCUT2D eigenvalue weighted by atomic mass is 16.2. The van der Waals surface area contributed by atoms with Crippen LogP contribution in [0.4, 0.5) is 10.5 Å². The Labute approximate surface area is 111 Å². The smallest absolute Gasteiger partial charge is 0.319 e. The molecule has 0 atom stereocenters. The van der Waals surface area contributed by atoms with Crippen molar-refractivity contribution >= 4 is 11.7 Å². The predicted octanol–water partition coefficient (Wildman–Crippen LogP) is 2.49. The van der Waals surface area contributed by atoms with Gasteiger partial charge in [-0.25, -0.2) is 4.79 Å². The van der Waals surface area contributed by atoms with Crippen molar-refractivity contribution in [1.29, 1.82) is 10.5 Å². The minimum Gasteiger partial charge on any atom is -0.335 e. The van der Waals surface area contributed by atoms with Gasteiger partial charge in [0.2, 0.25) is 0 Å². The van der Waals surface area contributed by atoms with E-state index in [0.717, 1.165) is 25.7 Å². The number of urea groups is 1. The number of hydrogen-bond acceptors (Lipinski definition) is 3. The molecule has 0 radical (unpaired) electrons. The summed E-state index contributed by atoms with van der Waals surface area (Å²) in [4.78, 5) is 11.8. The van der Waals surface area contributed by atoms with E-state index in [1.54, 1.807) is 6.07 Å². The summed E-state index contributed by atoms with van der Waals surface area (Å²) in [6, 6.07) is 8.51. The van der Waals surface area contributed by atoms with Crippen LogP contribution in [0.25, 0.3) is 0 Å². The number of hydrogen-bond donors (Lipinski definition) is 2. The number of carbonyl (C=O) groups is 1. The minimum atomic E-state index is -0.263. The average Bonchev–Trinajstić information content (AvgIpc) is 2.91. The van der Waals surface area contributed by atoms with Gasteiger partial charge in [-0.2, -0.15) is 10.5 Å². The molecular weight excluding hydrogens is 240 g/mol. The predicted molar refractivity (Wildman–Crippen MR) is 70.3 cm³/mol. The summed E-state index contributed by atoms with van der Waals surface area (Å²) >= 11 is 0. The van der Waals surface area contributed by atoms with Crippen molar-refractivity contribution in [3.05, 3.63) is 29.3 Å². The summed E-state index contributed by atoms with van der Waals surface area (Å²) in [7, 11) is 0. The molecule has 1 aliphatic rings. The Morgan fingerprint density at radius 1 is 1.16 bits per heavy atom. The molecule has 0 saturated heterocycles. The van der Waals surface area contributed by atoms with E-state index in [9.17, 15) is 4.79 Å². The fourth-order valence-corrected chi connectivity index (χ4v) is 2.23. The van der Waals surface area contributed by atoms with Gasteiger partial charge in [0.15, 0.2) is 0 Å². The maximum atomic E-state index is 11.8. The van der Waals surface area contributed by atoms with Gasteiger partial charge < -0.3 is 10.6 Å². The van der Waals surface area contributed by atoms with Crippen LogP contribution in [0.5, 0.6) is 0 Å². The fraction of sp³-hybridized carbons (Fsp3) is 0.357. The molecule has 1 aromatic rings. The second-order valence-corrected chi connectivity index (χ2v) is 4.56. The molecule has 0 aromatic heterocycles. The first kappa shape index (κ1) is 12.9. The zero-order chi connectivity index (χ0) is 13.7. The zero-order valence-electron chi connectivity index (χ0n) is 10.4. The summed E-state index contributed by atoms with van der Waals surface area (Å²) in [5.74, 6) is 0. The third-order valence-electron chi connectivity index (χ3n) is 3.21. The van der Waals surface area contributed by atoms with Gasteiger partial charge in [-0.15, -0.1) is 0 Å². The molecule has 19 heavy (non-hydrogen) atoms. The monoisotopic (exact) mass is 254 g/mol. The highest BCUT2D eigenvalue weighted by Gasteiger charge is 2.17. The van der Waals surface area contributed by atoms with Gasteiger partial charge in [-0.1, -0.05) is 12.8 Å². The molecule has 0 aliphatic heterocycles. The van der Waals surface area contributed by atoms with Crippen LogP contribution in [-0.2, 0) is 0 Å². The topological polar surface area (TPSA) is 88.7 Å². The Bertz CT molecular complexity index is 562. The van der Waals surface area contributed by atoms with Gasteiger partial charge in [0.05, 0.1) is 11.1 Å². The van der Waals surface area contributed by atoms with Crippen molar-refractivity contribution in [1.82, 2.24) is 5.32 Å². The molecule has 96 valence electrons. The van der Waals surface area contributed by atoms with Crippen LogP contribution in [0.3, 0.4) is 0 Å². The van der Waals surface area contributed by atoms with Crippen molar-refractivity contribution in [2.24, 2.45) is 0 Å². The summed E-state index contributed by atoms with van der Waals surface area (Å²) in [6.07, 6.45) is 4.34. The second kappa shape index (κ2) is 5.88. The Morgan fingerprint density at radius 3 is 2.47 bits per heavy atom. The number of rotatable bonds is 2. The van der Waals surface area contributed by atoms with Crippen molar-refractivity contribution in [3.63, 3.8) is 0 Å². The molecule has 2 N–H and O–H groups in total. The van der Waals surface area contributed by atoms with Gasteiger partial charge in [-0.3, -0.25) is 0 Å². The van der Waals surface area contributed by atoms with Gasteiger partial charge in [0.25, 0.3) is 0 Å². The van der Waals surface area contributed by atoms with E-state index in [0.29, 0.717) is 11.3 Å². The van der Waals surface area contributed by atoms with Gasteiger partial charge in [0, 0.05) is 11.7 Å². The first-order valence-corrected chi connectivity index (χ1v) is 6.24. The highest BCUT2D eigenvalue weighted by Crippen LogP contribution is 2.18. The first-order chi connectivity index (χ1) is 9.22. The van der Waals surface area contributed by atoms with Crippen LogP contribution >= 0.6 is 0 Å². The van der Waals surface area contributed by atoms with Crippen LogP contribution in [0.2, 0.25) is 0 Å². The maximum Gasteiger partial charge on any atom is 0.319 e. The van der Waals surface area contributed by atoms with Crippen LogP contribution in [-0.4, -0.2) is 12.1 Å². The fourth-order valence-electron chi connectivity index (χ4n) is 2.23. The molecule has 1 aliphatic carbocycles. The third-order valence-corrected chi connectivity index (χ3v) is 3.21. The lowest BCUT2D eigenvalue weighted by molar-refractivity contribution is 0.248. The normalized spacial score (nSPS) is 14.4. The van der Waals surface area contributed by atoms with Crippen molar-refractivity contribution < 1.29 is 4.79 Å². The molecule has 1 fully saturated rings. The maximum absolute atomic E-state index is 11.8. The Kier molecular flexibility index (Phi) is 4.00. The van der Waals surface area contributed by atoms with E-state index in [2.05, 4.69) is 10.6 Å². The third kappa shape index (κ3) is 3.23. The molecule has 2 rings (SSSR count). The van der Waals surface area contributed by atoms with E-state index >= 15 is 0 Å². The average molecular weight is 254 g/mol. The summed E-state index contributed by atoms with van der Waals surface area (Å²) in [5.41, 5.74) is 1.09. The zero-order valence-corrected chi connectivity index (χ0v) is 10.4. The lowest BCUT2D eigenvalue weighted by Crippen LogP contribution is -2.36. The molecule has 2 amide bonds. The number of nitrogens with one attached hydrogen (secondary N) is 2. The summed E-state index contributed by atoms with van der Waals surface area (Å²) in [6.45, 7) is 0. The van der Waals surface area contributed by atoms with Crippen LogP contribution < -0.4 is 10.6 Å². The number of carbonyl (C=O) groups excluding carboxylic acids is 1. The van der Waals surface area contributed by atoms with Crippen molar-refractivity contribution in [2.75, 3.05) is 5.32 Å². The molecule has 1 saturated carbocycles. The second-order valence-electron chi connectivity index (χ2n) is 4.56. The van der Waals surface area contributed by atoms with Gasteiger partial charge in [0.1, 0.15) is 12.1 Å². The Balaban J connectivity index is 2.01. The van der Waals surface area contributed by atoms with E-state index < -0.39 is 0 Å². The standard InChI is InChI=1S/C14H14N4O/c15-8-10-5-6-13(7-11(10)9-16)18-14(19)17-12-3-1-2-4-12/h5-7,12H,1-4H2,(H2,17,18,19). The SMILES string of the molecule is N#Cc1ccc(NC(=O)NC2CCCC2)cc1C#N. The molecule has 0 heterocycles. The molecule has 5 heteroatoms. The Morgan fingerprint density at radius 2 is 1.84 bits per heavy atom. The largest absolute Gasteiger partial charge is 0.335 e. The minimum absolute atomic E-state index is 0.244. The van der Waals surface area contributed by atoms with E-state index in [1.165, 1.54) is 12.1 Å². The van der Waals surface area contributed by atoms with Crippen molar-refractivity contribution in [2.45, 2.75) is 31.7 Å². The lowest BCUT2D eigenvalue weighted by Gasteiger charge is -2.13. The van der Waals surface area contributed by atoms with Gasteiger partial charge in [-0.05, 0) is 31.0 Å². The first-order valence-electron chi connectivity index (χ1n) is 6.24. The van der Waals surface area contributed by atoms with Gasteiger partial charge >= 0.3 is 6.03 Å². The molecule has 0 spiro atoms. The number of benzene rings is 1. The van der Waals surface area contributed by atoms with E-state index in [-0.39, 0.29) is 17.6 Å². The highest BCUT2D eigenvalue weighted by molar-refractivity contribution is 5.89. The quantitative estimate of drug-likeness (QED) is 0.849. The molecular formula is C14H14N4O. The van der Waals surface area contributed by atoms with Crippen LogP contribution in [0.1, 0.15) is 36.8 Å². The molecule has 0 unspecified atom stereocenters. The summed E-state index contributed by atoms with van der Waals surface area (Å²) < 4.78 is 0. The number of amides is 2. The number of anilines is 1. The molecule has 0 bridgehead atoms. The molecule has 5 nitrogen and oxygen atoms in total. The molecule has 1 aromatic carbocycles. The number of nitriles is 2. The van der Waals surface area contributed by atoms with E-state index in [1.807, 2.05) is 12.1 Å². The van der Waals surface area contributed by atoms with Crippen LogP contribution in [0, 0.1) is 22.7 Å². The lowest BCUT2D eigenvalue weighted by atomic mass is 10.1. The summed E-state index contributed by atoms with van der Waals surface area (Å²) in [5, 5.41) is 23.3. The van der Waals surface area contributed by atoms with Crippen LogP contribution in [0.15, 0.2) is 18.2 Å². The number of nitrogens with zero attached hydrogens (tertiary/aromatic N) is 2. The van der Waals surface area contributed by atoms with E-state index in [4.69, 9.17) is 10.5 Å².